The second kappa shape index (κ2) is 7.53. The van der Waals surface area contributed by atoms with Crippen LogP contribution in [0.1, 0.15) is 20.3 Å². The molecule has 1 nitrogen and oxygen atoms in total. The van der Waals surface area contributed by atoms with Crippen LogP contribution in [0.25, 0.3) is 0 Å². The van der Waals surface area contributed by atoms with Gasteiger partial charge in [-0.05, 0) is 12.1 Å². The zero-order valence-electron chi connectivity index (χ0n) is 7.84. The molecule has 0 atom stereocenters. The van der Waals surface area contributed by atoms with E-state index >= 15 is 0 Å². The van der Waals surface area contributed by atoms with Gasteiger partial charge in [0.25, 0.3) is 0 Å². The first-order valence-corrected chi connectivity index (χ1v) is 4.20. The maximum atomic E-state index is 11.5. The van der Waals surface area contributed by atoms with E-state index in [1.165, 1.54) is 18.6 Å². The Kier molecular flexibility index (Phi) is 6.88. The summed E-state index contributed by atoms with van der Waals surface area (Å²) in [4.78, 5) is 0. The maximum Gasteiger partial charge on any atom is 0.387 e. The Morgan fingerprint density at radius 2 is 1.62 bits per heavy atom. The van der Waals surface area contributed by atoms with Gasteiger partial charge in [0, 0.05) is 0 Å². The average Bonchev–Trinajstić information content (AvgIpc) is 2.06. The van der Waals surface area contributed by atoms with Crippen LogP contribution in [0.3, 0.4) is 0 Å². The molecule has 0 saturated carbocycles. The van der Waals surface area contributed by atoms with Gasteiger partial charge in [0.15, 0.2) is 0 Å². The highest BCUT2D eigenvalue weighted by atomic mass is 19.3. The molecule has 13 heavy (non-hydrogen) atoms. The lowest BCUT2D eigenvalue weighted by molar-refractivity contribution is -0.0498. The van der Waals surface area contributed by atoms with Gasteiger partial charge in [0.1, 0.15) is 5.75 Å². The Labute approximate surface area is 77.3 Å². The van der Waals surface area contributed by atoms with Crippen LogP contribution in [-0.4, -0.2) is 6.61 Å². The Morgan fingerprint density at radius 3 is 2.00 bits per heavy atom. The molecule has 0 saturated heterocycles. The molecule has 0 unspecified atom stereocenters. The maximum absolute atomic E-state index is 11.5. The first kappa shape index (κ1) is 11.9. The molecule has 3 heteroatoms. The molecule has 0 aliphatic heterocycles. The third-order valence-corrected chi connectivity index (χ3v) is 0.968. The van der Waals surface area contributed by atoms with E-state index in [0.717, 1.165) is 0 Å². The molecule has 74 valence electrons. The van der Waals surface area contributed by atoms with Crippen molar-refractivity contribution < 1.29 is 13.5 Å². The molecule has 0 aliphatic rings. The second-order valence-corrected chi connectivity index (χ2v) is 2.40. The molecule has 0 spiro atoms. The number of para-hydroxylation sites is 1. The predicted octanol–water partition coefficient (Wildman–Crippen LogP) is 3.70. The summed E-state index contributed by atoms with van der Waals surface area (Å²) in [6, 6.07) is 7.96. The van der Waals surface area contributed by atoms with Crippen molar-refractivity contribution in [1.82, 2.24) is 0 Å². The van der Waals surface area contributed by atoms with Crippen molar-refractivity contribution >= 4 is 0 Å². The monoisotopic (exact) mass is 188 g/mol. The molecular formula is C10H14F2O. The summed E-state index contributed by atoms with van der Waals surface area (Å²) in [6.07, 6.45) is 1.25. The second-order valence-electron chi connectivity index (χ2n) is 2.40. The molecular weight excluding hydrogens is 174 g/mol. The molecule has 0 N–H and O–H groups in total. The smallest absolute Gasteiger partial charge is 0.387 e. The van der Waals surface area contributed by atoms with Crippen molar-refractivity contribution in [2.45, 2.75) is 26.9 Å². The number of benzene rings is 1. The van der Waals surface area contributed by atoms with Crippen LogP contribution in [-0.2, 0) is 0 Å². The lowest BCUT2D eigenvalue weighted by atomic mass is 10.3. The largest absolute Gasteiger partial charge is 0.435 e. The average molecular weight is 188 g/mol. The SMILES string of the molecule is CCC.FC(F)Oc1ccccc1. The van der Waals surface area contributed by atoms with Crippen LogP contribution >= 0.6 is 0 Å². The lowest BCUT2D eigenvalue weighted by Gasteiger charge is -2.01. The van der Waals surface area contributed by atoms with Gasteiger partial charge >= 0.3 is 6.61 Å². The van der Waals surface area contributed by atoms with E-state index in [-0.39, 0.29) is 5.75 Å². The molecule has 0 fully saturated rings. The molecule has 1 aromatic carbocycles. The first-order chi connectivity index (χ1) is 6.20. The quantitative estimate of drug-likeness (QED) is 0.687. The van der Waals surface area contributed by atoms with Crippen LogP contribution in [0.15, 0.2) is 30.3 Å². The Hall–Kier alpha value is -1.12. The highest BCUT2D eigenvalue weighted by Gasteiger charge is 2.01. The number of halogens is 2. The van der Waals surface area contributed by atoms with E-state index < -0.39 is 6.61 Å². The van der Waals surface area contributed by atoms with E-state index in [1.807, 2.05) is 0 Å². The highest BCUT2D eigenvalue weighted by molar-refractivity contribution is 5.20. The molecule has 0 aliphatic carbocycles. The number of hydrogen-bond acceptors (Lipinski definition) is 1. The third kappa shape index (κ3) is 7.25. The summed E-state index contributed by atoms with van der Waals surface area (Å²) in [7, 11) is 0. The van der Waals surface area contributed by atoms with Gasteiger partial charge < -0.3 is 4.74 Å². The van der Waals surface area contributed by atoms with Crippen molar-refractivity contribution in [3.05, 3.63) is 30.3 Å². The van der Waals surface area contributed by atoms with E-state index in [2.05, 4.69) is 18.6 Å². The summed E-state index contributed by atoms with van der Waals surface area (Å²) in [6.45, 7) is 1.52. The molecule has 0 amide bonds. The topological polar surface area (TPSA) is 9.23 Å². The minimum absolute atomic E-state index is 0.192. The number of ether oxygens (including phenoxy) is 1. The summed E-state index contributed by atoms with van der Waals surface area (Å²) in [5.74, 6) is 0.192. The highest BCUT2D eigenvalue weighted by Crippen LogP contribution is 2.11. The van der Waals surface area contributed by atoms with Gasteiger partial charge in [-0.15, -0.1) is 0 Å². The van der Waals surface area contributed by atoms with E-state index in [9.17, 15) is 8.78 Å². The zero-order chi connectivity index (χ0) is 10.1. The van der Waals surface area contributed by atoms with Crippen molar-refractivity contribution in [2.75, 3.05) is 0 Å². The molecule has 0 heterocycles. The predicted molar refractivity (Wildman–Crippen MR) is 49.0 cm³/mol. The summed E-state index contributed by atoms with van der Waals surface area (Å²) in [5, 5.41) is 0. The third-order valence-electron chi connectivity index (χ3n) is 0.968. The van der Waals surface area contributed by atoms with Crippen molar-refractivity contribution in [3.63, 3.8) is 0 Å². The van der Waals surface area contributed by atoms with Crippen LogP contribution in [0.4, 0.5) is 8.78 Å². The molecule has 1 aromatic rings. The first-order valence-electron chi connectivity index (χ1n) is 4.20. The molecule has 0 aromatic heterocycles. The summed E-state index contributed by atoms with van der Waals surface area (Å²) < 4.78 is 27.1. The Morgan fingerprint density at radius 1 is 1.15 bits per heavy atom. The van der Waals surface area contributed by atoms with Crippen molar-refractivity contribution in [2.24, 2.45) is 0 Å². The lowest BCUT2D eigenvalue weighted by Crippen LogP contribution is -2.00. The van der Waals surface area contributed by atoms with Gasteiger partial charge in [-0.2, -0.15) is 8.78 Å². The van der Waals surface area contributed by atoms with Gasteiger partial charge in [0.05, 0.1) is 0 Å². The van der Waals surface area contributed by atoms with E-state index in [4.69, 9.17) is 0 Å². The fourth-order valence-electron chi connectivity index (χ4n) is 0.602. The van der Waals surface area contributed by atoms with Crippen LogP contribution in [0, 0.1) is 0 Å². The number of alkyl halides is 2. The standard InChI is InChI=1S/C7H6F2O.C3H8/c8-7(9)10-6-4-2-1-3-5-6;1-3-2/h1-5,7H;3H2,1-2H3. The van der Waals surface area contributed by atoms with Crippen molar-refractivity contribution in [3.8, 4) is 5.75 Å². The van der Waals surface area contributed by atoms with Crippen LogP contribution in [0.5, 0.6) is 5.75 Å². The van der Waals surface area contributed by atoms with E-state index in [1.54, 1.807) is 18.2 Å². The fraction of sp³-hybridized carbons (Fsp3) is 0.400. The van der Waals surface area contributed by atoms with E-state index in [0.29, 0.717) is 0 Å². The number of hydrogen-bond donors (Lipinski definition) is 0. The van der Waals surface area contributed by atoms with Gasteiger partial charge in [-0.3, -0.25) is 0 Å². The molecule has 0 bridgehead atoms. The number of rotatable bonds is 2. The zero-order valence-corrected chi connectivity index (χ0v) is 7.84. The molecule has 0 radical (unpaired) electrons. The minimum Gasteiger partial charge on any atom is -0.435 e. The summed E-state index contributed by atoms with van der Waals surface area (Å²) >= 11 is 0. The van der Waals surface area contributed by atoms with Crippen LogP contribution in [0.2, 0.25) is 0 Å². The minimum atomic E-state index is -2.73. The fourth-order valence-corrected chi connectivity index (χ4v) is 0.602. The van der Waals surface area contributed by atoms with Crippen molar-refractivity contribution in [1.29, 1.82) is 0 Å². The normalized spacial score (nSPS) is 9.00. The Bertz CT molecular complexity index is 199. The van der Waals surface area contributed by atoms with Gasteiger partial charge in [-0.1, -0.05) is 38.5 Å². The summed E-state index contributed by atoms with van der Waals surface area (Å²) in [5.41, 5.74) is 0. The molecule has 1 rings (SSSR count). The van der Waals surface area contributed by atoms with Crippen LogP contribution < -0.4 is 4.74 Å². The van der Waals surface area contributed by atoms with Gasteiger partial charge in [-0.25, -0.2) is 0 Å². The Balaban J connectivity index is 0.000000424. The van der Waals surface area contributed by atoms with Gasteiger partial charge in [0.2, 0.25) is 0 Å².